The summed E-state index contributed by atoms with van der Waals surface area (Å²) in [5.41, 5.74) is 0.679. The van der Waals surface area contributed by atoms with Crippen LogP contribution in [0.3, 0.4) is 0 Å². The summed E-state index contributed by atoms with van der Waals surface area (Å²) >= 11 is 0. The fraction of sp³-hybridized carbons (Fsp3) is 0.424. The Hall–Kier alpha value is -4.35. The summed E-state index contributed by atoms with van der Waals surface area (Å²) in [6.07, 6.45) is -10.7. The van der Waals surface area contributed by atoms with E-state index in [4.69, 9.17) is 28.4 Å². The molecule has 8 atom stereocenters. The molecule has 15 nitrogen and oxygen atoms in total. The molecule has 0 aliphatic carbocycles. The van der Waals surface area contributed by atoms with Crippen molar-refractivity contribution in [3.63, 3.8) is 0 Å². The number of carbonyl (C=O) groups is 1. The number of likely N-dealkylation sites (N-methyl/N-ethyl adjacent to an activating group) is 1. The highest BCUT2D eigenvalue weighted by Gasteiger charge is 2.63. The maximum atomic E-state index is 12.3. The van der Waals surface area contributed by atoms with Crippen LogP contribution >= 0.6 is 0 Å². The minimum absolute atomic E-state index is 0.0158. The summed E-state index contributed by atoms with van der Waals surface area (Å²) in [6, 6.07) is 11.4. The first-order valence-corrected chi connectivity index (χ1v) is 15.2. The Morgan fingerprint density at radius 3 is 2.48 bits per heavy atom. The van der Waals surface area contributed by atoms with Gasteiger partial charge in [0.05, 0.1) is 26.7 Å². The van der Waals surface area contributed by atoms with Gasteiger partial charge in [-0.1, -0.05) is 12.1 Å². The van der Waals surface area contributed by atoms with Crippen molar-refractivity contribution in [1.82, 2.24) is 10.6 Å². The van der Waals surface area contributed by atoms with E-state index in [2.05, 4.69) is 10.6 Å². The number of carboxylic acid groups (broad SMARTS) is 1. The third-order valence-corrected chi connectivity index (χ3v) is 9.04. The molecule has 258 valence electrons. The summed E-state index contributed by atoms with van der Waals surface area (Å²) in [5.74, 6) is -0.329. The van der Waals surface area contributed by atoms with Gasteiger partial charge in [0.1, 0.15) is 47.9 Å². The van der Waals surface area contributed by atoms with Gasteiger partial charge in [-0.05, 0) is 55.1 Å². The van der Waals surface area contributed by atoms with E-state index in [0.29, 0.717) is 46.2 Å². The lowest BCUT2D eigenvalue weighted by Gasteiger charge is -2.47. The number of aliphatic carboxylic acids is 1. The summed E-state index contributed by atoms with van der Waals surface area (Å²) in [7, 11) is 6.13. The highest BCUT2D eigenvalue weighted by Crippen LogP contribution is 2.59. The highest BCUT2D eigenvalue weighted by molar-refractivity contribution is 5.80. The van der Waals surface area contributed by atoms with Gasteiger partial charge in [0, 0.05) is 23.7 Å². The number of hydrogen-bond donors (Lipinski definition) is 8. The number of phenolic OH excluding ortho intramolecular Hbond substituents is 1. The van der Waals surface area contributed by atoms with E-state index in [-0.39, 0.29) is 24.0 Å². The number of phenols is 1. The van der Waals surface area contributed by atoms with Crippen LogP contribution in [0.15, 0.2) is 42.5 Å². The average molecular weight is 671 g/mol. The van der Waals surface area contributed by atoms with Gasteiger partial charge in [-0.15, -0.1) is 0 Å². The number of nitrogens with one attached hydrogen (secondary N) is 2. The molecule has 0 aromatic heterocycles. The van der Waals surface area contributed by atoms with Crippen molar-refractivity contribution in [2.24, 2.45) is 0 Å². The minimum atomic E-state index is -2.81. The molecule has 3 heterocycles. The zero-order valence-corrected chi connectivity index (χ0v) is 26.5. The predicted molar refractivity (Wildman–Crippen MR) is 166 cm³/mol. The van der Waals surface area contributed by atoms with E-state index in [1.807, 2.05) is 13.1 Å². The summed E-state index contributed by atoms with van der Waals surface area (Å²) in [5, 5.41) is 68.5. The van der Waals surface area contributed by atoms with E-state index in [0.717, 1.165) is 11.1 Å². The topological polar surface area (TPSA) is 218 Å². The molecule has 1 fully saturated rings. The monoisotopic (exact) mass is 670 g/mol. The molecule has 3 aromatic carbocycles. The highest BCUT2D eigenvalue weighted by atomic mass is 16.7. The van der Waals surface area contributed by atoms with E-state index in [1.165, 1.54) is 32.4 Å². The largest absolute Gasteiger partial charge is 0.508 e. The lowest BCUT2D eigenvalue weighted by atomic mass is 9.83. The molecule has 8 N–H and O–H groups in total. The minimum Gasteiger partial charge on any atom is -0.508 e. The normalized spacial score (nSPS) is 27.8. The Bertz CT molecular complexity index is 1700. The van der Waals surface area contributed by atoms with E-state index in [1.54, 1.807) is 25.3 Å². The average Bonchev–Trinajstić information content (AvgIpc) is 3.47. The number of fused-ring (bicyclic) bond motifs is 5. The standard InChI is InChI=1S/C33H38N2O13/c1-34-12-15-9-21(43-3)27(44-4)28-22(15)19-13-45-20-11-17(10-18(23(20)26(19)47-28)14-6-5-7-16(36)8-14)46-30-25(38)24(37)29(39)33(48-30,32(41)42)31(40)35-2/h5-11,19,24-26,29-31,34-40H,12-13H2,1-4H3,(H,41,42)/t19-,24+,25+,26+,29-,30+,31+,33+/m0/s1. The molecule has 0 radical (unpaired) electrons. The molecule has 0 spiro atoms. The van der Waals surface area contributed by atoms with Crippen LogP contribution in [0, 0.1) is 0 Å². The number of benzene rings is 3. The number of hydrogen-bond acceptors (Lipinski definition) is 14. The molecular formula is C33H38N2O13. The number of aliphatic hydroxyl groups is 4. The maximum Gasteiger partial charge on any atom is 0.343 e. The van der Waals surface area contributed by atoms with Gasteiger partial charge in [0.25, 0.3) is 0 Å². The molecule has 0 amide bonds. The molecule has 3 aliphatic rings. The molecule has 0 bridgehead atoms. The molecule has 3 aromatic rings. The number of methoxy groups -OCH3 is 2. The first-order valence-electron chi connectivity index (χ1n) is 15.2. The van der Waals surface area contributed by atoms with Crippen molar-refractivity contribution in [2.45, 2.75) is 55.0 Å². The SMILES string of the molecule is CNCc1cc(OC)c(OC)c2c1[C@@H]1COc3cc(O[C@@H]4O[C@@](C(=O)O)([C@@H](O)NC)[C@@H](O)[C@H](O)[C@H]4O)cc(-c4cccc(O)c4)c3[C@@H]1O2. The lowest BCUT2D eigenvalue weighted by Crippen LogP contribution is -2.74. The van der Waals surface area contributed by atoms with Gasteiger partial charge < -0.3 is 64.4 Å². The number of ether oxygens (including phenoxy) is 6. The molecule has 15 heteroatoms. The van der Waals surface area contributed by atoms with Crippen molar-refractivity contribution in [3.05, 3.63) is 59.2 Å². The molecule has 1 saturated heterocycles. The van der Waals surface area contributed by atoms with Crippen LogP contribution < -0.4 is 34.3 Å². The van der Waals surface area contributed by atoms with Crippen molar-refractivity contribution in [3.8, 4) is 45.6 Å². The Kier molecular flexibility index (Phi) is 9.04. The van der Waals surface area contributed by atoms with Crippen molar-refractivity contribution in [2.75, 3.05) is 34.9 Å². The number of aromatic hydroxyl groups is 1. The van der Waals surface area contributed by atoms with Crippen LogP contribution in [-0.2, 0) is 16.1 Å². The first kappa shape index (κ1) is 33.5. The van der Waals surface area contributed by atoms with Crippen LogP contribution in [0.25, 0.3) is 11.1 Å². The summed E-state index contributed by atoms with van der Waals surface area (Å²) < 4.78 is 35.8. The third-order valence-electron chi connectivity index (χ3n) is 9.04. The van der Waals surface area contributed by atoms with Crippen LogP contribution in [-0.4, -0.2) is 108 Å². The Labute approximate surface area is 275 Å². The van der Waals surface area contributed by atoms with Crippen molar-refractivity contribution in [1.29, 1.82) is 0 Å². The van der Waals surface area contributed by atoms with Gasteiger partial charge in [-0.25, -0.2) is 4.79 Å². The second-order valence-electron chi connectivity index (χ2n) is 11.8. The predicted octanol–water partition coefficient (Wildman–Crippen LogP) is 0.585. The van der Waals surface area contributed by atoms with Crippen LogP contribution in [0.4, 0.5) is 0 Å². The lowest BCUT2D eigenvalue weighted by molar-refractivity contribution is -0.327. The molecular weight excluding hydrogens is 632 g/mol. The summed E-state index contributed by atoms with van der Waals surface area (Å²) in [4.78, 5) is 12.3. The molecule has 0 unspecified atom stereocenters. The number of rotatable bonds is 10. The second-order valence-corrected chi connectivity index (χ2v) is 11.8. The van der Waals surface area contributed by atoms with E-state index >= 15 is 0 Å². The van der Waals surface area contributed by atoms with E-state index in [9.17, 15) is 35.4 Å². The molecule has 3 aliphatic heterocycles. The fourth-order valence-corrected chi connectivity index (χ4v) is 6.75. The fourth-order valence-electron chi connectivity index (χ4n) is 6.75. The van der Waals surface area contributed by atoms with Crippen molar-refractivity contribution < 1.29 is 63.9 Å². The number of carboxylic acids is 1. The van der Waals surface area contributed by atoms with Crippen LogP contribution in [0.1, 0.15) is 28.7 Å². The molecule has 48 heavy (non-hydrogen) atoms. The quantitative estimate of drug-likeness (QED) is 0.138. The molecule has 0 saturated carbocycles. The van der Waals surface area contributed by atoms with Crippen molar-refractivity contribution >= 4 is 5.97 Å². The smallest absolute Gasteiger partial charge is 0.343 e. The van der Waals surface area contributed by atoms with Gasteiger partial charge in [-0.2, -0.15) is 0 Å². The zero-order chi connectivity index (χ0) is 34.5. The summed E-state index contributed by atoms with van der Waals surface area (Å²) in [6.45, 7) is 0.697. The van der Waals surface area contributed by atoms with Gasteiger partial charge >= 0.3 is 5.97 Å². The Morgan fingerprint density at radius 1 is 1.06 bits per heavy atom. The van der Waals surface area contributed by atoms with Gasteiger partial charge in [0.15, 0.2) is 11.5 Å². The van der Waals surface area contributed by atoms with Gasteiger partial charge in [0.2, 0.25) is 17.6 Å². The Balaban J connectivity index is 1.46. The second kappa shape index (κ2) is 12.9. The molecule has 6 rings (SSSR count). The Morgan fingerprint density at radius 2 is 1.83 bits per heavy atom. The first-order chi connectivity index (χ1) is 23.0. The zero-order valence-electron chi connectivity index (χ0n) is 26.5. The van der Waals surface area contributed by atoms with Gasteiger partial charge in [-0.3, -0.25) is 5.32 Å². The van der Waals surface area contributed by atoms with Crippen LogP contribution in [0.2, 0.25) is 0 Å². The third kappa shape index (κ3) is 5.24. The van der Waals surface area contributed by atoms with E-state index < -0.39 is 48.5 Å². The number of aliphatic hydroxyl groups excluding tert-OH is 4. The van der Waals surface area contributed by atoms with Crippen LogP contribution in [0.5, 0.6) is 34.5 Å². The maximum absolute atomic E-state index is 12.3.